The van der Waals surface area contributed by atoms with Gasteiger partial charge in [-0.3, -0.25) is 4.90 Å². The second kappa shape index (κ2) is 10.2. The van der Waals surface area contributed by atoms with Gasteiger partial charge in [-0.2, -0.15) is 0 Å². The summed E-state index contributed by atoms with van der Waals surface area (Å²) >= 11 is 5.98. The monoisotopic (exact) mass is 401 g/mol. The van der Waals surface area contributed by atoms with Gasteiger partial charge in [-0.05, 0) is 42.0 Å². The van der Waals surface area contributed by atoms with Crippen LogP contribution >= 0.6 is 11.6 Å². The normalized spacial score (nSPS) is 12.1. The van der Waals surface area contributed by atoms with Gasteiger partial charge in [0.25, 0.3) is 0 Å². The van der Waals surface area contributed by atoms with Crippen molar-refractivity contribution in [3.63, 3.8) is 0 Å². The van der Waals surface area contributed by atoms with Gasteiger partial charge < -0.3 is 19.0 Å². The van der Waals surface area contributed by atoms with E-state index in [0.717, 1.165) is 11.3 Å². The molecule has 1 aromatic heterocycles. The molecule has 0 spiro atoms. The third-order valence-corrected chi connectivity index (χ3v) is 4.50. The highest BCUT2D eigenvalue weighted by molar-refractivity contribution is 6.30. The van der Waals surface area contributed by atoms with Crippen LogP contribution in [0.3, 0.4) is 0 Å². The summed E-state index contributed by atoms with van der Waals surface area (Å²) in [5.41, 5.74) is 1.11. The number of furan rings is 1. The lowest BCUT2D eigenvalue weighted by Crippen LogP contribution is -2.35. The van der Waals surface area contributed by atoms with Gasteiger partial charge in [-0.15, -0.1) is 0 Å². The highest BCUT2D eigenvalue weighted by Crippen LogP contribution is 2.26. The zero-order chi connectivity index (χ0) is 19.8. The summed E-state index contributed by atoms with van der Waals surface area (Å²) in [5, 5.41) is 11.2. The van der Waals surface area contributed by atoms with E-state index in [2.05, 4.69) is 4.90 Å². The van der Waals surface area contributed by atoms with Crippen LogP contribution in [0, 0.1) is 0 Å². The molecular formula is C22H24ClNO4. The molecule has 0 aliphatic carbocycles. The predicted octanol–water partition coefficient (Wildman–Crippen LogP) is 4.38. The van der Waals surface area contributed by atoms with Crippen LogP contribution in [0.15, 0.2) is 71.3 Å². The van der Waals surface area contributed by atoms with Gasteiger partial charge in [0.2, 0.25) is 0 Å². The summed E-state index contributed by atoms with van der Waals surface area (Å²) in [4.78, 5) is 2.11. The number of methoxy groups -OCH3 is 1. The Morgan fingerprint density at radius 2 is 1.75 bits per heavy atom. The second-order valence-electron chi connectivity index (χ2n) is 6.49. The Kier molecular flexibility index (Phi) is 7.37. The van der Waals surface area contributed by atoms with Crippen molar-refractivity contribution in [2.45, 2.75) is 19.2 Å². The molecule has 6 heteroatoms. The lowest BCUT2D eigenvalue weighted by atomic mass is 10.2. The van der Waals surface area contributed by atoms with Crippen LogP contribution in [0.1, 0.15) is 11.3 Å². The number of aliphatic hydroxyl groups is 1. The molecule has 3 rings (SSSR count). The number of benzene rings is 2. The van der Waals surface area contributed by atoms with E-state index in [4.69, 9.17) is 25.5 Å². The fourth-order valence-electron chi connectivity index (χ4n) is 2.93. The molecular weight excluding hydrogens is 378 g/mol. The van der Waals surface area contributed by atoms with Gasteiger partial charge in [-0.1, -0.05) is 35.9 Å². The van der Waals surface area contributed by atoms with Crippen molar-refractivity contribution in [2.24, 2.45) is 0 Å². The van der Waals surface area contributed by atoms with Crippen LogP contribution in [-0.4, -0.2) is 36.4 Å². The number of nitrogens with zero attached hydrogens (tertiary/aromatic N) is 1. The van der Waals surface area contributed by atoms with E-state index in [9.17, 15) is 5.11 Å². The molecule has 148 valence electrons. The van der Waals surface area contributed by atoms with Crippen molar-refractivity contribution >= 4 is 11.6 Å². The standard InChI is InChI=1S/C22H24ClNO4/c1-26-21-6-2-3-7-22(21)28-16-19(25)14-24(15-20-5-4-12-27-20)13-17-8-10-18(23)11-9-17/h2-12,19,25H,13-16H2,1H3. The van der Waals surface area contributed by atoms with Crippen molar-refractivity contribution in [2.75, 3.05) is 20.3 Å². The Morgan fingerprint density at radius 1 is 1.00 bits per heavy atom. The summed E-state index contributed by atoms with van der Waals surface area (Å²) in [6, 6.07) is 18.9. The van der Waals surface area contributed by atoms with Crippen LogP contribution in [-0.2, 0) is 13.1 Å². The van der Waals surface area contributed by atoms with E-state index in [1.54, 1.807) is 13.4 Å². The maximum atomic E-state index is 10.5. The van der Waals surface area contributed by atoms with E-state index in [1.165, 1.54) is 0 Å². The van der Waals surface area contributed by atoms with E-state index in [-0.39, 0.29) is 6.61 Å². The molecule has 0 aliphatic heterocycles. The Bertz CT molecular complexity index is 836. The summed E-state index contributed by atoms with van der Waals surface area (Å²) in [7, 11) is 1.59. The molecule has 1 unspecified atom stereocenters. The molecule has 0 radical (unpaired) electrons. The minimum atomic E-state index is -0.674. The number of halogens is 1. The average Bonchev–Trinajstić information content (AvgIpc) is 3.21. The quantitative estimate of drug-likeness (QED) is 0.546. The van der Waals surface area contributed by atoms with Gasteiger partial charge in [-0.25, -0.2) is 0 Å². The first-order chi connectivity index (χ1) is 13.6. The van der Waals surface area contributed by atoms with Crippen molar-refractivity contribution in [3.8, 4) is 11.5 Å². The van der Waals surface area contributed by atoms with E-state index >= 15 is 0 Å². The van der Waals surface area contributed by atoms with E-state index in [1.807, 2.05) is 60.7 Å². The largest absolute Gasteiger partial charge is 0.493 e. The number of hydrogen-bond donors (Lipinski definition) is 1. The summed E-state index contributed by atoms with van der Waals surface area (Å²) in [5.74, 6) is 2.09. The van der Waals surface area contributed by atoms with E-state index in [0.29, 0.717) is 36.2 Å². The molecule has 2 aromatic carbocycles. The highest BCUT2D eigenvalue weighted by Gasteiger charge is 2.16. The maximum Gasteiger partial charge on any atom is 0.161 e. The number of para-hydroxylation sites is 2. The van der Waals surface area contributed by atoms with Crippen molar-refractivity contribution in [1.29, 1.82) is 0 Å². The topological polar surface area (TPSA) is 55.1 Å². The molecule has 1 atom stereocenters. The first-order valence-corrected chi connectivity index (χ1v) is 9.45. The maximum absolute atomic E-state index is 10.5. The Morgan fingerprint density at radius 3 is 2.43 bits per heavy atom. The molecule has 0 amide bonds. The van der Waals surface area contributed by atoms with Crippen molar-refractivity contribution in [1.82, 2.24) is 4.90 Å². The molecule has 0 saturated carbocycles. The number of hydrogen-bond acceptors (Lipinski definition) is 5. The smallest absolute Gasteiger partial charge is 0.161 e. The molecule has 3 aromatic rings. The van der Waals surface area contributed by atoms with Crippen LogP contribution in [0.25, 0.3) is 0 Å². The van der Waals surface area contributed by atoms with Crippen LogP contribution in [0.2, 0.25) is 5.02 Å². The molecule has 0 bridgehead atoms. The van der Waals surface area contributed by atoms with Crippen molar-refractivity contribution in [3.05, 3.63) is 83.3 Å². The Labute approximate surface area is 170 Å². The molecule has 0 fully saturated rings. The molecule has 0 aliphatic rings. The zero-order valence-corrected chi connectivity index (χ0v) is 16.5. The van der Waals surface area contributed by atoms with Crippen molar-refractivity contribution < 1.29 is 19.0 Å². The first-order valence-electron chi connectivity index (χ1n) is 9.07. The van der Waals surface area contributed by atoms with E-state index < -0.39 is 6.10 Å². The minimum absolute atomic E-state index is 0.162. The molecule has 1 N–H and O–H groups in total. The van der Waals surface area contributed by atoms with Gasteiger partial charge in [0, 0.05) is 18.1 Å². The summed E-state index contributed by atoms with van der Waals surface area (Å²) in [6.07, 6.45) is 0.976. The Balaban J connectivity index is 1.61. The average molecular weight is 402 g/mol. The number of ether oxygens (including phenoxy) is 2. The zero-order valence-electron chi connectivity index (χ0n) is 15.8. The highest BCUT2D eigenvalue weighted by atomic mass is 35.5. The third-order valence-electron chi connectivity index (χ3n) is 4.25. The summed E-state index contributed by atoms with van der Waals surface area (Å²) in [6.45, 7) is 1.83. The van der Waals surface area contributed by atoms with Crippen LogP contribution < -0.4 is 9.47 Å². The fraction of sp³-hybridized carbons (Fsp3) is 0.273. The Hall–Kier alpha value is -2.47. The third kappa shape index (κ3) is 6.02. The number of rotatable bonds is 10. The SMILES string of the molecule is COc1ccccc1OCC(O)CN(Cc1ccc(Cl)cc1)Cc1ccco1. The van der Waals surface area contributed by atoms with Gasteiger partial charge >= 0.3 is 0 Å². The molecule has 0 saturated heterocycles. The lowest BCUT2D eigenvalue weighted by Gasteiger charge is -2.24. The van der Waals surface area contributed by atoms with Crippen LogP contribution in [0.4, 0.5) is 0 Å². The first kappa shape index (κ1) is 20.3. The van der Waals surface area contributed by atoms with Gasteiger partial charge in [0.15, 0.2) is 11.5 Å². The van der Waals surface area contributed by atoms with Crippen LogP contribution in [0.5, 0.6) is 11.5 Å². The molecule has 1 heterocycles. The predicted molar refractivity (Wildman–Crippen MR) is 109 cm³/mol. The lowest BCUT2D eigenvalue weighted by molar-refractivity contribution is 0.0596. The molecule has 28 heavy (non-hydrogen) atoms. The molecule has 5 nitrogen and oxygen atoms in total. The number of aliphatic hydroxyl groups excluding tert-OH is 1. The fourth-order valence-corrected chi connectivity index (χ4v) is 3.06. The van der Waals surface area contributed by atoms with Gasteiger partial charge in [0.05, 0.1) is 19.9 Å². The second-order valence-corrected chi connectivity index (χ2v) is 6.93. The van der Waals surface area contributed by atoms with Gasteiger partial charge in [0.1, 0.15) is 18.5 Å². The summed E-state index contributed by atoms with van der Waals surface area (Å²) < 4.78 is 16.5. The minimum Gasteiger partial charge on any atom is -0.493 e.